The molecule has 0 aromatic carbocycles. The molecule has 1 N–H and O–H groups in total. The first-order chi connectivity index (χ1) is 9.79. The number of nitrogens with zero attached hydrogens (tertiary/aromatic N) is 4. The number of rotatable bonds is 6. The molecule has 1 aromatic heterocycles. The largest absolute Gasteiger partial charge is 0.381 e. The van der Waals surface area contributed by atoms with Crippen LogP contribution in [0.3, 0.4) is 0 Å². The van der Waals surface area contributed by atoms with E-state index in [-0.39, 0.29) is 24.0 Å². The molecule has 0 aliphatic carbocycles. The van der Waals surface area contributed by atoms with Gasteiger partial charge in [0.2, 0.25) is 0 Å². The Bertz CT molecular complexity index is 404. The first kappa shape index (κ1) is 18.2. The average Bonchev–Trinajstić information content (AvgIpc) is 3.10. The molecular formula is C14H26IN5O. The molecule has 2 heterocycles. The minimum atomic E-state index is 0. The fourth-order valence-electron chi connectivity index (χ4n) is 2.36. The van der Waals surface area contributed by atoms with E-state index in [1.54, 1.807) is 6.20 Å². The van der Waals surface area contributed by atoms with Crippen LogP contribution in [0.15, 0.2) is 23.5 Å². The maximum atomic E-state index is 5.43. The lowest BCUT2D eigenvalue weighted by Gasteiger charge is -2.24. The van der Waals surface area contributed by atoms with E-state index in [9.17, 15) is 0 Å². The van der Waals surface area contributed by atoms with Crippen molar-refractivity contribution in [2.45, 2.75) is 19.9 Å². The molecule has 120 valence electrons. The third kappa shape index (κ3) is 6.21. The summed E-state index contributed by atoms with van der Waals surface area (Å²) in [6.45, 7) is 7.27. The predicted molar refractivity (Wildman–Crippen MR) is 95.2 cm³/mol. The zero-order valence-electron chi connectivity index (χ0n) is 12.9. The summed E-state index contributed by atoms with van der Waals surface area (Å²) in [6, 6.07) is 1.93. The molecule has 0 amide bonds. The van der Waals surface area contributed by atoms with Crippen LogP contribution in [0.25, 0.3) is 0 Å². The standard InChI is InChI=1S/C14H25N5O.HI/c1-3-15-14(16-7-9-19-8-4-6-17-19)18(2)11-13-5-10-20-12-13;/h4,6,8,13H,3,5,7,9-12H2,1-2H3,(H,15,16);1H. The molecule has 2 rings (SSSR count). The number of ether oxygens (including phenoxy) is 1. The zero-order valence-corrected chi connectivity index (χ0v) is 15.2. The van der Waals surface area contributed by atoms with Gasteiger partial charge in [-0.3, -0.25) is 9.67 Å². The van der Waals surface area contributed by atoms with Crippen molar-refractivity contribution in [3.63, 3.8) is 0 Å². The van der Waals surface area contributed by atoms with Crippen LogP contribution in [0.1, 0.15) is 13.3 Å². The number of hydrogen-bond donors (Lipinski definition) is 1. The van der Waals surface area contributed by atoms with Gasteiger partial charge in [-0.15, -0.1) is 24.0 Å². The fraction of sp³-hybridized carbons (Fsp3) is 0.714. The SMILES string of the molecule is CCNC(=NCCn1cccn1)N(C)CC1CCOC1.I. The molecule has 0 saturated carbocycles. The van der Waals surface area contributed by atoms with Crippen molar-refractivity contribution in [1.82, 2.24) is 20.0 Å². The first-order valence-electron chi connectivity index (χ1n) is 7.34. The van der Waals surface area contributed by atoms with E-state index in [4.69, 9.17) is 4.74 Å². The van der Waals surface area contributed by atoms with Gasteiger partial charge in [-0.05, 0) is 19.4 Å². The van der Waals surface area contributed by atoms with Crippen LogP contribution in [-0.4, -0.2) is 60.5 Å². The molecule has 7 heteroatoms. The van der Waals surface area contributed by atoms with E-state index in [0.717, 1.165) is 51.8 Å². The van der Waals surface area contributed by atoms with Crippen LogP contribution in [0, 0.1) is 5.92 Å². The summed E-state index contributed by atoms with van der Waals surface area (Å²) in [5, 5.41) is 7.53. The molecule has 1 saturated heterocycles. The molecule has 1 aliphatic rings. The number of nitrogens with one attached hydrogen (secondary N) is 1. The summed E-state index contributed by atoms with van der Waals surface area (Å²) in [6.07, 6.45) is 4.90. The Labute approximate surface area is 144 Å². The third-order valence-electron chi connectivity index (χ3n) is 3.40. The van der Waals surface area contributed by atoms with Gasteiger partial charge < -0.3 is 15.0 Å². The Hall–Kier alpha value is -0.830. The van der Waals surface area contributed by atoms with Crippen molar-refractivity contribution < 1.29 is 4.74 Å². The summed E-state index contributed by atoms with van der Waals surface area (Å²) in [4.78, 5) is 6.86. The van der Waals surface area contributed by atoms with Gasteiger partial charge in [0.25, 0.3) is 0 Å². The van der Waals surface area contributed by atoms with Crippen LogP contribution in [-0.2, 0) is 11.3 Å². The highest BCUT2D eigenvalue weighted by Gasteiger charge is 2.18. The monoisotopic (exact) mass is 407 g/mol. The molecule has 0 spiro atoms. The highest BCUT2D eigenvalue weighted by Crippen LogP contribution is 2.13. The molecule has 21 heavy (non-hydrogen) atoms. The van der Waals surface area contributed by atoms with Gasteiger partial charge in [0.1, 0.15) is 0 Å². The molecule has 0 bridgehead atoms. The molecule has 1 aliphatic heterocycles. The highest BCUT2D eigenvalue weighted by atomic mass is 127. The molecular weight excluding hydrogens is 381 g/mol. The topological polar surface area (TPSA) is 54.7 Å². The quantitative estimate of drug-likeness (QED) is 0.441. The van der Waals surface area contributed by atoms with Gasteiger partial charge >= 0.3 is 0 Å². The first-order valence-corrected chi connectivity index (χ1v) is 7.34. The molecule has 1 unspecified atom stereocenters. The van der Waals surface area contributed by atoms with E-state index in [0.29, 0.717) is 5.92 Å². The molecule has 1 atom stereocenters. The van der Waals surface area contributed by atoms with Gasteiger partial charge in [0, 0.05) is 45.1 Å². The number of hydrogen-bond acceptors (Lipinski definition) is 3. The normalized spacial score (nSPS) is 18.4. The van der Waals surface area contributed by atoms with Crippen LogP contribution in [0.5, 0.6) is 0 Å². The van der Waals surface area contributed by atoms with Gasteiger partial charge in [-0.25, -0.2) is 0 Å². The van der Waals surface area contributed by atoms with E-state index in [1.807, 2.05) is 16.9 Å². The molecule has 1 fully saturated rings. The van der Waals surface area contributed by atoms with E-state index in [2.05, 4.69) is 34.3 Å². The number of halogens is 1. The Morgan fingerprint density at radius 1 is 1.57 bits per heavy atom. The van der Waals surface area contributed by atoms with E-state index < -0.39 is 0 Å². The van der Waals surface area contributed by atoms with Gasteiger partial charge in [0.05, 0.1) is 19.7 Å². The van der Waals surface area contributed by atoms with Crippen LogP contribution < -0.4 is 5.32 Å². The molecule has 6 nitrogen and oxygen atoms in total. The summed E-state index contributed by atoms with van der Waals surface area (Å²) < 4.78 is 7.33. The van der Waals surface area contributed by atoms with Crippen molar-refractivity contribution in [1.29, 1.82) is 0 Å². The Morgan fingerprint density at radius 3 is 3.05 bits per heavy atom. The van der Waals surface area contributed by atoms with Crippen LogP contribution in [0.4, 0.5) is 0 Å². The van der Waals surface area contributed by atoms with Crippen molar-refractivity contribution in [3.05, 3.63) is 18.5 Å². The molecule has 1 aromatic rings. The smallest absolute Gasteiger partial charge is 0.193 e. The van der Waals surface area contributed by atoms with E-state index in [1.165, 1.54) is 0 Å². The number of aliphatic imine (C=N–C) groups is 1. The second-order valence-corrected chi connectivity index (χ2v) is 5.11. The Kier molecular flexibility index (Phi) is 8.67. The minimum Gasteiger partial charge on any atom is -0.381 e. The summed E-state index contributed by atoms with van der Waals surface area (Å²) >= 11 is 0. The zero-order chi connectivity index (χ0) is 14.2. The fourth-order valence-corrected chi connectivity index (χ4v) is 2.36. The average molecular weight is 407 g/mol. The lowest BCUT2D eigenvalue weighted by molar-refractivity contribution is 0.181. The maximum Gasteiger partial charge on any atom is 0.193 e. The van der Waals surface area contributed by atoms with Gasteiger partial charge in [-0.1, -0.05) is 0 Å². The van der Waals surface area contributed by atoms with Crippen molar-refractivity contribution in [2.24, 2.45) is 10.9 Å². The van der Waals surface area contributed by atoms with Gasteiger partial charge in [0.15, 0.2) is 5.96 Å². The van der Waals surface area contributed by atoms with Gasteiger partial charge in [-0.2, -0.15) is 5.10 Å². The van der Waals surface area contributed by atoms with E-state index >= 15 is 0 Å². The number of aromatic nitrogens is 2. The lowest BCUT2D eigenvalue weighted by atomic mass is 10.1. The molecule has 0 radical (unpaired) electrons. The minimum absolute atomic E-state index is 0. The summed E-state index contributed by atoms with van der Waals surface area (Å²) in [5.41, 5.74) is 0. The number of guanidine groups is 1. The Balaban J connectivity index is 0.00000220. The second kappa shape index (κ2) is 9.99. The summed E-state index contributed by atoms with van der Waals surface area (Å²) in [5.74, 6) is 1.58. The predicted octanol–water partition coefficient (Wildman–Crippen LogP) is 1.43. The van der Waals surface area contributed by atoms with Crippen molar-refractivity contribution in [2.75, 3.05) is 39.9 Å². The highest BCUT2D eigenvalue weighted by molar-refractivity contribution is 14.0. The third-order valence-corrected chi connectivity index (χ3v) is 3.40. The van der Waals surface area contributed by atoms with Crippen molar-refractivity contribution in [3.8, 4) is 0 Å². The summed E-state index contributed by atoms with van der Waals surface area (Å²) in [7, 11) is 2.09. The van der Waals surface area contributed by atoms with Crippen LogP contribution in [0.2, 0.25) is 0 Å². The van der Waals surface area contributed by atoms with Crippen molar-refractivity contribution >= 4 is 29.9 Å². The van der Waals surface area contributed by atoms with Crippen LogP contribution >= 0.6 is 24.0 Å². The maximum absolute atomic E-state index is 5.43. The lowest BCUT2D eigenvalue weighted by Crippen LogP contribution is -2.41. The second-order valence-electron chi connectivity index (χ2n) is 5.11. The Morgan fingerprint density at radius 2 is 2.43 bits per heavy atom.